The van der Waals surface area contributed by atoms with Gasteiger partial charge in [0.2, 0.25) is 0 Å². The van der Waals surface area contributed by atoms with E-state index < -0.39 is 0 Å². The SMILES string of the molecule is CC(C)[C@H]1CC[C@H](C)C2OCC(c3ccccc3)N21. The third-order valence-corrected chi connectivity index (χ3v) is 4.82. The van der Waals surface area contributed by atoms with E-state index in [1.807, 2.05) is 0 Å². The number of nitrogens with zero attached hydrogens (tertiary/aromatic N) is 1. The highest BCUT2D eigenvalue weighted by Crippen LogP contribution is 2.42. The molecule has 1 aromatic carbocycles. The third-order valence-electron chi connectivity index (χ3n) is 4.82. The Hall–Kier alpha value is -0.860. The molecule has 0 amide bonds. The lowest BCUT2D eigenvalue weighted by atomic mass is 9.85. The Kier molecular flexibility index (Phi) is 3.64. The molecule has 0 radical (unpaired) electrons. The Balaban J connectivity index is 1.90. The molecule has 4 atom stereocenters. The summed E-state index contributed by atoms with van der Waals surface area (Å²) in [7, 11) is 0. The molecule has 2 aliphatic rings. The molecule has 2 heteroatoms. The Morgan fingerprint density at radius 2 is 1.89 bits per heavy atom. The second kappa shape index (κ2) is 5.26. The van der Waals surface area contributed by atoms with Crippen LogP contribution in [0.1, 0.15) is 45.2 Å². The van der Waals surface area contributed by atoms with Crippen LogP contribution in [0.15, 0.2) is 30.3 Å². The van der Waals surface area contributed by atoms with Gasteiger partial charge in [-0.05, 0) is 30.2 Å². The van der Waals surface area contributed by atoms with E-state index in [4.69, 9.17) is 4.74 Å². The van der Waals surface area contributed by atoms with Crippen LogP contribution in [0.5, 0.6) is 0 Å². The van der Waals surface area contributed by atoms with E-state index in [2.05, 4.69) is 56.0 Å². The largest absolute Gasteiger partial charge is 0.361 e. The van der Waals surface area contributed by atoms with Gasteiger partial charge in [0, 0.05) is 6.04 Å². The summed E-state index contributed by atoms with van der Waals surface area (Å²) in [5.74, 6) is 1.35. The molecule has 3 rings (SSSR count). The van der Waals surface area contributed by atoms with E-state index in [1.165, 1.54) is 18.4 Å². The number of benzene rings is 1. The highest BCUT2D eigenvalue weighted by molar-refractivity contribution is 5.21. The van der Waals surface area contributed by atoms with Crippen LogP contribution in [0.4, 0.5) is 0 Å². The maximum Gasteiger partial charge on any atom is 0.114 e. The normalized spacial score (nSPS) is 35.6. The van der Waals surface area contributed by atoms with E-state index in [9.17, 15) is 0 Å². The van der Waals surface area contributed by atoms with Gasteiger partial charge in [0.25, 0.3) is 0 Å². The molecule has 0 aromatic heterocycles. The molecule has 19 heavy (non-hydrogen) atoms. The van der Waals surface area contributed by atoms with Crippen LogP contribution in [0, 0.1) is 11.8 Å². The van der Waals surface area contributed by atoms with E-state index in [-0.39, 0.29) is 0 Å². The lowest BCUT2D eigenvalue weighted by molar-refractivity contribution is -0.0722. The molecule has 2 aliphatic heterocycles. The Morgan fingerprint density at radius 3 is 2.58 bits per heavy atom. The van der Waals surface area contributed by atoms with Crippen LogP contribution in [-0.2, 0) is 4.74 Å². The molecule has 2 fully saturated rings. The van der Waals surface area contributed by atoms with Crippen LogP contribution in [0.2, 0.25) is 0 Å². The van der Waals surface area contributed by atoms with Crippen molar-refractivity contribution >= 4 is 0 Å². The van der Waals surface area contributed by atoms with Crippen molar-refractivity contribution in [2.75, 3.05) is 6.61 Å². The molecular weight excluding hydrogens is 234 g/mol. The van der Waals surface area contributed by atoms with Gasteiger partial charge in [-0.15, -0.1) is 0 Å². The van der Waals surface area contributed by atoms with Crippen LogP contribution >= 0.6 is 0 Å². The summed E-state index contributed by atoms with van der Waals surface area (Å²) in [6, 6.07) is 12.0. The molecule has 2 heterocycles. The summed E-state index contributed by atoms with van der Waals surface area (Å²) in [6.45, 7) is 7.88. The van der Waals surface area contributed by atoms with Crippen molar-refractivity contribution < 1.29 is 4.74 Å². The van der Waals surface area contributed by atoms with Crippen LogP contribution in [-0.4, -0.2) is 23.8 Å². The van der Waals surface area contributed by atoms with Gasteiger partial charge in [0.15, 0.2) is 0 Å². The topological polar surface area (TPSA) is 12.5 Å². The monoisotopic (exact) mass is 259 g/mol. The smallest absolute Gasteiger partial charge is 0.114 e. The van der Waals surface area contributed by atoms with Gasteiger partial charge in [-0.1, -0.05) is 51.1 Å². The van der Waals surface area contributed by atoms with Gasteiger partial charge in [-0.3, -0.25) is 4.90 Å². The third kappa shape index (κ3) is 2.32. The first-order valence-corrected chi connectivity index (χ1v) is 7.62. The van der Waals surface area contributed by atoms with E-state index >= 15 is 0 Å². The Labute approximate surface area is 116 Å². The number of ether oxygens (including phenoxy) is 1. The van der Waals surface area contributed by atoms with Crippen molar-refractivity contribution in [1.29, 1.82) is 0 Å². The number of rotatable bonds is 2. The highest BCUT2D eigenvalue weighted by Gasteiger charge is 2.45. The minimum Gasteiger partial charge on any atom is -0.361 e. The molecule has 2 unspecified atom stereocenters. The summed E-state index contributed by atoms with van der Waals surface area (Å²) in [6.07, 6.45) is 2.93. The van der Waals surface area contributed by atoms with E-state index in [0.29, 0.717) is 30.1 Å². The second-order valence-corrected chi connectivity index (χ2v) is 6.46. The number of piperidine rings is 1. The molecule has 2 saturated heterocycles. The van der Waals surface area contributed by atoms with Crippen LogP contribution in [0.25, 0.3) is 0 Å². The van der Waals surface area contributed by atoms with Gasteiger partial charge in [0.1, 0.15) is 6.23 Å². The summed E-state index contributed by atoms with van der Waals surface area (Å²) in [5, 5.41) is 0. The van der Waals surface area contributed by atoms with Crippen LogP contribution < -0.4 is 0 Å². The summed E-state index contributed by atoms with van der Waals surface area (Å²) >= 11 is 0. The van der Waals surface area contributed by atoms with Gasteiger partial charge in [-0.2, -0.15) is 0 Å². The van der Waals surface area contributed by atoms with E-state index in [1.54, 1.807) is 0 Å². The average molecular weight is 259 g/mol. The number of hydrogen-bond donors (Lipinski definition) is 0. The zero-order valence-corrected chi connectivity index (χ0v) is 12.3. The lowest BCUT2D eigenvalue weighted by Gasteiger charge is -2.44. The molecule has 0 aliphatic carbocycles. The van der Waals surface area contributed by atoms with Crippen molar-refractivity contribution in [3.63, 3.8) is 0 Å². The molecule has 1 aromatic rings. The minimum atomic E-state index is 0.325. The molecule has 0 N–H and O–H groups in total. The Bertz CT molecular complexity index is 417. The molecule has 104 valence electrons. The van der Waals surface area contributed by atoms with Crippen molar-refractivity contribution in [3.05, 3.63) is 35.9 Å². The molecule has 0 saturated carbocycles. The Morgan fingerprint density at radius 1 is 1.16 bits per heavy atom. The van der Waals surface area contributed by atoms with Crippen molar-refractivity contribution in [3.8, 4) is 0 Å². The fraction of sp³-hybridized carbons (Fsp3) is 0.647. The zero-order chi connectivity index (χ0) is 13.4. The first-order chi connectivity index (χ1) is 9.18. The van der Waals surface area contributed by atoms with Crippen molar-refractivity contribution in [1.82, 2.24) is 4.90 Å². The standard InChI is InChI=1S/C17H25NO/c1-12(2)15-10-9-13(3)17-18(15)16(11-19-17)14-7-5-4-6-8-14/h4-8,12-13,15-17H,9-11H2,1-3H3/t13-,15+,16?,17?/m0/s1. The lowest BCUT2D eigenvalue weighted by Crippen LogP contribution is -2.50. The zero-order valence-electron chi connectivity index (χ0n) is 12.3. The van der Waals surface area contributed by atoms with Gasteiger partial charge < -0.3 is 4.74 Å². The highest BCUT2D eigenvalue weighted by atomic mass is 16.5. The van der Waals surface area contributed by atoms with E-state index in [0.717, 1.165) is 6.61 Å². The molecule has 0 bridgehead atoms. The predicted octanol–water partition coefficient (Wildman–Crippen LogP) is 3.84. The predicted molar refractivity (Wildman–Crippen MR) is 77.8 cm³/mol. The van der Waals surface area contributed by atoms with Crippen LogP contribution in [0.3, 0.4) is 0 Å². The fourth-order valence-electron chi connectivity index (χ4n) is 3.76. The van der Waals surface area contributed by atoms with Crippen molar-refractivity contribution in [2.24, 2.45) is 11.8 Å². The maximum absolute atomic E-state index is 6.14. The second-order valence-electron chi connectivity index (χ2n) is 6.46. The average Bonchev–Trinajstić information content (AvgIpc) is 2.85. The molecule has 2 nitrogen and oxygen atoms in total. The fourth-order valence-corrected chi connectivity index (χ4v) is 3.76. The summed E-state index contributed by atoms with van der Waals surface area (Å²) in [5.41, 5.74) is 1.41. The number of hydrogen-bond acceptors (Lipinski definition) is 2. The van der Waals surface area contributed by atoms with Crippen molar-refractivity contribution in [2.45, 2.75) is 51.9 Å². The first-order valence-electron chi connectivity index (χ1n) is 7.62. The summed E-state index contributed by atoms with van der Waals surface area (Å²) < 4.78 is 6.14. The van der Waals surface area contributed by atoms with Gasteiger partial charge in [-0.25, -0.2) is 0 Å². The minimum absolute atomic E-state index is 0.325. The van der Waals surface area contributed by atoms with Gasteiger partial charge >= 0.3 is 0 Å². The molecule has 0 spiro atoms. The summed E-state index contributed by atoms with van der Waals surface area (Å²) in [4.78, 5) is 2.66. The van der Waals surface area contributed by atoms with Gasteiger partial charge in [0.05, 0.1) is 12.6 Å². The first kappa shape index (κ1) is 13.1. The molecular formula is C17H25NO. The quantitative estimate of drug-likeness (QED) is 0.800. The maximum atomic E-state index is 6.14. The number of fused-ring (bicyclic) bond motifs is 1.